The van der Waals surface area contributed by atoms with E-state index in [0.717, 1.165) is 12.8 Å². The summed E-state index contributed by atoms with van der Waals surface area (Å²) in [4.78, 5) is 14.1. The lowest BCUT2D eigenvalue weighted by Crippen LogP contribution is -2.41. The molecular formula is C13H28N2O2. The predicted molar refractivity (Wildman–Crippen MR) is 70.8 cm³/mol. The smallest absolute Gasteiger partial charge is 0.223 e. The Bertz CT molecular complexity index is 206. The van der Waals surface area contributed by atoms with Gasteiger partial charge in [0.1, 0.15) is 0 Å². The molecule has 2 unspecified atom stereocenters. The van der Waals surface area contributed by atoms with Gasteiger partial charge in [0, 0.05) is 26.1 Å². The molecule has 0 spiro atoms. The van der Waals surface area contributed by atoms with Crippen molar-refractivity contribution < 1.29 is 9.53 Å². The monoisotopic (exact) mass is 244 g/mol. The van der Waals surface area contributed by atoms with Gasteiger partial charge in [0.25, 0.3) is 0 Å². The van der Waals surface area contributed by atoms with Crippen LogP contribution in [0.3, 0.4) is 0 Å². The van der Waals surface area contributed by atoms with Crippen LogP contribution in [0.1, 0.15) is 40.0 Å². The summed E-state index contributed by atoms with van der Waals surface area (Å²) >= 11 is 0. The first-order valence-corrected chi connectivity index (χ1v) is 6.59. The minimum Gasteiger partial charge on any atom is -0.383 e. The first-order valence-electron chi connectivity index (χ1n) is 6.59. The number of amides is 1. The van der Waals surface area contributed by atoms with E-state index in [1.807, 2.05) is 4.90 Å². The molecule has 0 saturated carbocycles. The van der Waals surface area contributed by atoms with Gasteiger partial charge < -0.3 is 15.4 Å². The minimum absolute atomic E-state index is 0.203. The summed E-state index contributed by atoms with van der Waals surface area (Å²) in [6, 6.07) is 0.271. The standard InChI is InChI=1S/C13H28N2O2/c1-5-11(3)15(7-8-17-4)13(16)9-12(6-2)10-14/h11-12H,5-10,14H2,1-4H3. The van der Waals surface area contributed by atoms with Gasteiger partial charge >= 0.3 is 0 Å². The van der Waals surface area contributed by atoms with Crippen LogP contribution in [0.5, 0.6) is 0 Å². The van der Waals surface area contributed by atoms with E-state index in [2.05, 4.69) is 20.8 Å². The number of rotatable bonds is 9. The van der Waals surface area contributed by atoms with Gasteiger partial charge in [-0.25, -0.2) is 0 Å². The summed E-state index contributed by atoms with van der Waals surface area (Å²) in [6.07, 6.45) is 2.48. The lowest BCUT2D eigenvalue weighted by Gasteiger charge is -2.29. The maximum atomic E-state index is 12.2. The molecule has 0 aliphatic carbocycles. The SMILES string of the molecule is CCC(CN)CC(=O)N(CCOC)C(C)CC. The van der Waals surface area contributed by atoms with Crippen molar-refractivity contribution in [3.05, 3.63) is 0 Å². The van der Waals surface area contributed by atoms with Crippen LogP contribution < -0.4 is 5.73 Å². The van der Waals surface area contributed by atoms with E-state index in [0.29, 0.717) is 32.0 Å². The Labute approximate surface area is 105 Å². The molecule has 1 amide bonds. The Morgan fingerprint density at radius 2 is 2.00 bits per heavy atom. The van der Waals surface area contributed by atoms with E-state index in [1.54, 1.807) is 7.11 Å². The van der Waals surface area contributed by atoms with E-state index in [-0.39, 0.29) is 11.9 Å². The second kappa shape index (κ2) is 9.42. The van der Waals surface area contributed by atoms with Gasteiger partial charge in [-0.2, -0.15) is 0 Å². The maximum Gasteiger partial charge on any atom is 0.223 e. The molecular weight excluding hydrogens is 216 g/mol. The zero-order valence-corrected chi connectivity index (χ0v) is 11.7. The number of hydrogen-bond donors (Lipinski definition) is 1. The third-order valence-electron chi connectivity index (χ3n) is 3.35. The first-order chi connectivity index (χ1) is 8.10. The zero-order valence-electron chi connectivity index (χ0n) is 11.7. The first kappa shape index (κ1) is 16.4. The maximum absolute atomic E-state index is 12.2. The second-order valence-corrected chi connectivity index (χ2v) is 4.55. The zero-order chi connectivity index (χ0) is 13.3. The lowest BCUT2D eigenvalue weighted by atomic mass is 10.0. The summed E-state index contributed by atoms with van der Waals surface area (Å²) in [5, 5.41) is 0. The molecule has 2 atom stereocenters. The number of methoxy groups -OCH3 is 1. The number of carbonyl (C=O) groups is 1. The van der Waals surface area contributed by atoms with E-state index in [4.69, 9.17) is 10.5 Å². The molecule has 0 saturated heterocycles. The number of carbonyl (C=O) groups excluding carboxylic acids is 1. The third-order valence-corrected chi connectivity index (χ3v) is 3.35. The van der Waals surface area contributed by atoms with E-state index in [1.165, 1.54) is 0 Å². The summed E-state index contributed by atoms with van der Waals surface area (Å²) in [6.45, 7) is 8.10. The van der Waals surface area contributed by atoms with Crippen molar-refractivity contribution in [2.24, 2.45) is 11.7 Å². The van der Waals surface area contributed by atoms with Crippen molar-refractivity contribution in [1.82, 2.24) is 4.90 Å². The minimum atomic E-state index is 0.203. The Kier molecular flexibility index (Phi) is 9.09. The number of nitrogens with two attached hydrogens (primary N) is 1. The average molecular weight is 244 g/mol. The topological polar surface area (TPSA) is 55.6 Å². The predicted octanol–water partition coefficient (Wildman–Crippen LogP) is 1.63. The number of hydrogen-bond acceptors (Lipinski definition) is 3. The fourth-order valence-corrected chi connectivity index (χ4v) is 1.76. The highest BCUT2D eigenvalue weighted by atomic mass is 16.5. The molecule has 0 aromatic heterocycles. The fourth-order valence-electron chi connectivity index (χ4n) is 1.76. The molecule has 0 aromatic rings. The molecule has 0 fully saturated rings. The molecule has 102 valence electrons. The van der Waals surface area contributed by atoms with Crippen molar-refractivity contribution in [3.8, 4) is 0 Å². The van der Waals surface area contributed by atoms with Crippen LogP contribution in [0.25, 0.3) is 0 Å². The van der Waals surface area contributed by atoms with Crippen LogP contribution in [0.15, 0.2) is 0 Å². The summed E-state index contributed by atoms with van der Waals surface area (Å²) in [5.41, 5.74) is 5.65. The van der Waals surface area contributed by atoms with Gasteiger partial charge in [0.15, 0.2) is 0 Å². The highest BCUT2D eigenvalue weighted by molar-refractivity contribution is 5.76. The third kappa shape index (κ3) is 6.03. The molecule has 4 nitrogen and oxygen atoms in total. The summed E-state index contributed by atoms with van der Waals surface area (Å²) in [7, 11) is 1.66. The van der Waals surface area contributed by atoms with E-state index >= 15 is 0 Å². The van der Waals surface area contributed by atoms with Crippen LogP contribution >= 0.6 is 0 Å². The molecule has 4 heteroatoms. The Hall–Kier alpha value is -0.610. The van der Waals surface area contributed by atoms with Crippen LogP contribution in [0, 0.1) is 5.92 Å². The average Bonchev–Trinajstić information content (AvgIpc) is 2.35. The second-order valence-electron chi connectivity index (χ2n) is 4.55. The van der Waals surface area contributed by atoms with Crippen molar-refractivity contribution in [1.29, 1.82) is 0 Å². The fraction of sp³-hybridized carbons (Fsp3) is 0.923. The van der Waals surface area contributed by atoms with Gasteiger partial charge in [-0.15, -0.1) is 0 Å². The number of ether oxygens (including phenoxy) is 1. The molecule has 0 aromatic carbocycles. The van der Waals surface area contributed by atoms with Crippen LogP contribution in [0.2, 0.25) is 0 Å². The summed E-state index contributed by atoms with van der Waals surface area (Å²) in [5.74, 6) is 0.505. The van der Waals surface area contributed by atoms with Crippen LogP contribution in [-0.4, -0.2) is 43.7 Å². The Morgan fingerprint density at radius 3 is 2.41 bits per heavy atom. The van der Waals surface area contributed by atoms with E-state index < -0.39 is 0 Å². The van der Waals surface area contributed by atoms with Crippen LogP contribution in [0.4, 0.5) is 0 Å². The van der Waals surface area contributed by atoms with Crippen molar-refractivity contribution in [2.75, 3.05) is 26.8 Å². The molecule has 17 heavy (non-hydrogen) atoms. The van der Waals surface area contributed by atoms with Gasteiger partial charge in [-0.1, -0.05) is 20.3 Å². The number of nitrogens with zero attached hydrogens (tertiary/aromatic N) is 1. The molecule has 0 heterocycles. The Balaban J connectivity index is 4.40. The van der Waals surface area contributed by atoms with Gasteiger partial charge in [-0.3, -0.25) is 4.79 Å². The summed E-state index contributed by atoms with van der Waals surface area (Å²) < 4.78 is 5.06. The van der Waals surface area contributed by atoms with Crippen LogP contribution in [-0.2, 0) is 9.53 Å². The van der Waals surface area contributed by atoms with Gasteiger partial charge in [0.05, 0.1) is 6.61 Å². The molecule has 0 radical (unpaired) electrons. The largest absolute Gasteiger partial charge is 0.383 e. The van der Waals surface area contributed by atoms with E-state index in [9.17, 15) is 4.79 Å². The van der Waals surface area contributed by atoms with Crippen molar-refractivity contribution in [2.45, 2.75) is 46.1 Å². The quantitative estimate of drug-likeness (QED) is 0.671. The van der Waals surface area contributed by atoms with Gasteiger partial charge in [0.2, 0.25) is 5.91 Å². The van der Waals surface area contributed by atoms with Gasteiger partial charge in [-0.05, 0) is 25.8 Å². The lowest BCUT2D eigenvalue weighted by molar-refractivity contribution is -0.135. The van der Waals surface area contributed by atoms with Crippen molar-refractivity contribution >= 4 is 5.91 Å². The highest BCUT2D eigenvalue weighted by Crippen LogP contribution is 2.12. The molecule has 0 aliphatic rings. The normalized spacial score (nSPS) is 14.4. The highest BCUT2D eigenvalue weighted by Gasteiger charge is 2.20. The molecule has 0 bridgehead atoms. The molecule has 0 aliphatic heterocycles. The molecule has 2 N–H and O–H groups in total. The Morgan fingerprint density at radius 1 is 1.35 bits per heavy atom. The molecule has 0 rings (SSSR count). The van der Waals surface area contributed by atoms with Crippen molar-refractivity contribution in [3.63, 3.8) is 0 Å².